The monoisotopic (exact) mass is 279 g/mol. The smallest absolute Gasteiger partial charge is 0.337 e. The minimum absolute atomic E-state index is 0.0947. The average molecular weight is 279 g/mol. The van der Waals surface area contributed by atoms with E-state index in [-0.39, 0.29) is 28.8 Å². The number of methoxy groups -OCH3 is 1. The Bertz CT molecular complexity index is 508. The van der Waals surface area contributed by atoms with Gasteiger partial charge in [-0.3, -0.25) is 4.79 Å². The summed E-state index contributed by atoms with van der Waals surface area (Å²) in [7, 11) is 1.27. The molecule has 20 heavy (non-hydrogen) atoms. The fraction of sp³-hybridized carbons (Fsp3) is 0.429. The van der Waals surface area contributed by atoms with Crippen molar-refractivity contribution >= 4 is 17.6 Å². The lowest BCUT2D eigenvalue weighted by atomic mass is 10.0. The summed E-state index contributed by atoms with van der Waals surface area (Å²) in [6, 6.07) is 4.17. The highest BCUT2D eigenvalue weighted by Gasteiger charge is 2.22. The Morgan fingerprint density at radius 3 is 2.90 bits per heavy atom. The Labute approximate surface area is 116 Å². The van der Waals surface area contributed by atoms with Crippen LogP contribution in [0.3, 0.4) is 0 Å². The van der Waals surface area contributed by atoms with E-state index in [1.54, 1.807) is 0 Å². The second-order valence-electron chi connectivity index (χ2n) is 4.63. The normalized spacial score (nSPS) is 18.4. The lowest BCUT2D eigenvalue weighted by molar-refractivity contribution is -0.123. The number of rotatable bonds is 3. The van der Waals surface area contributed by atoms with Gasteiger partial charge in [0.15, 0.2) is 0 Å². The molecule has 0 saturated carbocycles. The zero-order chi connectivity index (χ0) is 14.5. The van der Waals surface area contributed by atoms with Gasteiger partial charge in [0, 0.05) is 6.61 Å². The summed E-state index contributed by atoms with van der Waals surface area (Å²) in [5, 5.41) is 12.4. The molecular weight excluding hydrogens is 262 g/mol. The molecule has 0 radical (unpaired) electrons. The summed E-state index contributed by atoms with van der Waals surface area (Å²) in [5.74, 6) is -1.07. The maximum absolute atomic E-state index is 12.1. The molecule has 2 rings (SSSR count). The van der Waals surface area contributed by atoms with E-state index in [0.717, 1.165) is 12.8 Å². The first-order valence-corrected chi connectivity index (χ1v) is 6.41. The molecule has 0 unspecified atom stereocenters. The number of carbonyl (C=O) groups is 2. The van der Waals surface area contributed by atoms with E-state index in [1.165, 1.54) is 25.3 Å². The summed E-state index contributed by atoms with van der Waals surface area (Å²) in [6.45, 7) is 1.05. The highest BCUT2D eigenvalue weighted by molar-refractivity contribution is 5.97. The van der Waals surface area contributed by atoms with Crippen molar-refractivity contribution in [2.45, 2.75) is 12.8 Å². The molecular formula is C14H17NO5. The highest BCUT2D eigenvalue weighted by atomic mass is 16.5. The number of hydrogen-bond acceptors (Lipinski definition) is 5. The number of nitrogens with one attached hydrogen (secondary N) is 1. The van der Waals surface area contributed by atoms with Crippen LogP contribution in [0.15, 0.2) is 18.2 Å². The standard InChI is InChI=1S/C14H17NO5/c1-19-14(18)9-4-5-12(16)11(7-9)15-13(17)10-3-2-6-20-8-10/h4-5,7,10,16H,2-3,6,8H2,1H3,(H,15,17)/t10-/m1/s1. The molecule has 1 aliphatic heterocycles. The van der Waals surface area contributed by atoms with Crippen molar-refractivity contribution < 1.29 is 24.2 Å². The zero-order valence-corrected chi connectivity index (χ0v) is 11.2. The van der Waals surface area contributed by atoms with Crippen molar-refractivity contribution in [1.29, 1.82) is 0 Å². The largest absolute Gasteiger partial charge is 0.506 e. The van der Waals surface area contributed by atoms with E-state index in [0.29, 0.717) is 13.2 Å². The molecule has 1 atom stereocenters. The molecule has 0 aromatic heterocycles. The van der Waals surface area contributed by atoms with Crippen molar-refractivity contribution in [2.24, 2.45) is 5.92 Å². The molecule has 6 nitrogen and oxygen atoms in total. The Morgan fingerprint density at radius 2 is 2.25 bits per heavy atom. The van der Waals surface area contributed by atoms with Crippen LogP contribution in [0.2, 0.25) is 0 Å². The van der Waals surface area contributed by atoms with Crippen LogP contribution in [0.5, 0.6) is 5.75 Å². The molecule has 1 aromatic carbocycles. The molecule has 1 saturated heterocycles. The summed E-state index contributed by atoms with van der Waals surface area (Å²) >= 11 is 0. The minimum atomic E-state index is -0.526. The lowest BCUT2D eigenvalue weighted by Gasteiger charge is -2.21. The van der Waals surface area contributed by atoms with Crippen LogP contribution in [0, 0.1) is 5.92 Å². The van der Waals surface area contributed by atoms with Crippen LogP contribution < -0.4 is 5.32 Å². The Kier molecular flexibility index (Phi) is 4.57. The van der Waals surface area contributed by atoms with Gasteiger partial charge in [0.05, 0.1) is 30.9 Å². The van der Waals surface area contributed by atoms with Crippen LogP contribution in [0.25, 0.3) is 0 Å². The van der Waals surface area contributed by atoms with Gasteiger partial charge in [0.25, 0.3) is 0 Å². The number of esters is 1. The number of aromatic hydroxyl groups is 1. The van der Waals surface area contributed by atoms with Crippen molar-refractivity contribution in [3.05, 3.63) is 23.8 Å². The quantitative estimate of drug-likeness (QED) is 0.647. The number of phenolic OH excluding ortho intramolecular Hbond substituents is 1. The maximum Gasteiger partial charge on any atom is 0.337 e. The van der Waals surface area contributed by atoms with Gasteiger partial charge in [-0.25, -0.2) is 4.79 Å². The van der Waals surface area contributed by atoms with Gasteiger partial charge in [-0.2, -0.15) is 0 Å². The molecule has 1 aromatic rings. The van der Waals surface area contributed by atoms with Crippen LogP contribution in [-0.2, 0) is 14.3 Å². The predicted octanol–water partition coefficient (Wildman–Crippen LogP) is 1.54. The number of phenols is 1. The SMILES string of the molecule is COC(=O)c1ccc(O)c(NC(=O)[C@@H]2CCCOC2)c1. The molecule has 0 spiro atoms. The number of hydrogen-bond donors (Lipinski definition) is 2. The third-order valence-electron chi connectivity index (χ3n) is 3.21. The van der Waals surface area contributed by atoms with Crippen molar-refractivity contribution in [3.8, 4) is 5.75 Å². The van der Waals surface area contributed by atoms with E-state index in [2.05, 4.69) is 10.1 Å². The third kappa shape index (κ3) is 3.27. The number of benzene rings is 1. The van der Waals surface area contributed by atoms with E-state index >= 15 is 0 Å². The van der Waals surface area contributed by atoms with Gasteiger partial charge in [0.1, 0.15) is 5.75 Å². The van der Waals surface area contributed by atoms with Gasteiger partial charge in [-0.15, -0.1) is 0 Å². The highest BCUT2D eigenvalue weighted by Crippen LogP contribution is 2.26. The second-order valence-corrected chi connectivity index (χ2v) is 4.63. The summed E-state index contributed by atoms with van der Waals surface area (Å²) in [6.07, 6.45) is 1.59. The lowest BCUT2D eigenvalue weighted by Crippen LogP contribution is -2.30. The fourth-order valence-corrected chi connectivity index (χ4v) is 2.06. The molecule has 1 aliphatic rings. The van der Waals surface area contributed by atoms with E-state index < -0.39 is 5.97 Å². The molecule has 1 heterocycles. The first-order chi connectivity index (χ1) is 9.61. The van der Waals surface area contributed by atoms with Crippen LogP contribution in [0.1, 0.15) is 23.2 Å². The summed E-state index contributed by atoms with van der Waals surface area (Å²) in [5.41, 5.74) is 0.462. The molecule has 108 valence electrons. The number of ether oxygens (including phenoxy) is 2. The Hall–Kier alpha value is -2.08. The van der Waals surface area contributed by atoms with Crippen molar-refractivity contribution in [1.82, 2.24) is 0 Å². The zero-order valence-electron chi connectivity index (χ0n) is 11.2. The van der Waals surface area contributed by atoms with Gasteiger partial charge >= 0.3 is 5.97 Å². The molecule has 1 amide bonds. The first kappa shape index (κ1) is 14.3. The van der Waals surface area contributed by atoms with Crippen LogP contribution >= 0.6 is 0 Å². The number of amides is 1. The molecule has 0 bridgehead atoms. The second kappa shape index (κ2) is 6.38. The Morgan fingerprint density at radius 1 is 1.45 bits per heavy atom. The molecule has 2 N–H and O–H groups in total. The van der Waals surface area contributed by atoms with Crippen LogP contribution in [-0.4, -0.2) is 37.3 Å². The first-order valence-electron chi connectivity index (χ1n) is 6.41. The van der Waals surface area contributed by atoms with E-state index in [1.807, 2.05) is 0 Å². The van der Waals surface area contributed by atoms with Crippen molar-refractivity contribution in [2.75, 3.05) is 25.6 Å². The average Bonchev–Trinajstić information content (AvgIpc) is 2.49. The predicted molar refractivity (Wildman–Crippen MR) is 71.6 cm³/mol. The minimum Gasteiger partial charge on any atom is -0.506 e. The number of anilines is 1. The maximum atomic E-state index is 12.1. The van der Waals surface area contributed by atoms with Gasteiger partial charge < -0.3 is 19.9 Å². The topological polar surface area (TPSA) is 84.9 Å². The number of carbonyl (C=O) groups excluding carboxylic acids is 2. The summed E-state index contributed by atoms with van der Waals surface area (Å²) < 4.78 is 9.85. The Balaban J connectivity index is 2.11. The summed E-state index contributed by atoms with van der Waals surface area (Å²) in [4.78, 5) is 23.5. The van der Waals surface area contributed by atoms with E-state index in [9.17, 15) is 14.7 Å². The fourth-order valence-electron chi connectivity index (χ4n) is 2.06. The van der Waals surface area contributed by atoms with Crippen molar-refractivity contribution in [3.63, 3.8) is 0 Å². The third-order valence-corrected chi connectivity index (χ3v) is 3.21. The van der Waals surface area contributed by atoms with Crippen LogP contribution in [0.4, 0.5) is 5.69 Å². The molecule has 6 heteroatoms. The van der Waals surface area contributed by atoms with E-state index in [4.69, 9.17) is 4.74 Å². The van der Waals surface area contributed by atoms with Gasteiger partial charge in [0.2, 0.25) is 5.91 Å². The van der Waals surface area contributed by atoms with Gasteiger partial charge in [-0.1, -0.05) is 0 Å². The van der Waals surface area contributed by atoms with Gasteiger partial charge in [-0.05, 0) is 31.0 Å². The molecule has 1 fully saturated rings. The molecule has 0 aliphatic carbocycles.